The molecule has 2 atom stereocenters. The van der Waals surface area contributed by atoms with E-state index in [9.17, 15) is 15.2 Å². The molecule has 2 aromatic rings. The molecule has 6 heteroatoms. The molecule has 0 aliphatic heterocycles. The largest absolute Gasteiger partial charge is 0.387 e. The summed E-state index contributed by atoms with van der Waals surface area (Å²) >= 11 is 3.60. The molecule has 0 saturated carbocycles. The molecule has 0 aromatic heterocycles. The van der Waals surface area contributed by atoms with Gasteiger partial charge in [0.05, 0.1) is 11.0 Å². The van der Waals surface area contributed by atoms with E-state index in [0.29, 0.717) is 6.54 Å². The summed E-state index contributed by atoms with van der Waals surface area (Å²) < 4.78 is 1.06. The number of hydrogen-bond acceptors (Lipinski definition) is 4. The summed E-state index contributed by atoms with van der Waals surface area (Å²) in [5.74, 6) is 0. The zero-order valence-electron chi connectivity index (χ0n) is 16.9. The maximum absolute atomic E-state index is 10.7. The van der Waals surface area contributed by atoms with Crippen molar-refractivity contribution < 1.29 is 10.0 Å². The molecule has 0 fully saturated rings. The number of aryl methyl sites for hydroxylation is 1. The number of benzene rings is 2. The molecule has 0 saturated heterocycles. The van der Waals surface area contributed by atoms with Crippen molar-refractivity contribution in [2.45, 2.75) is 58.1 Å². The van der Waals surface area contributed by atoms with E-state index in [1.807, 2.05) is 12.1 Å². The number of nitro benzene ring substituents is 1. The Hall–Kier alpha value is -1.76. The number of nitro groups is 1. The van der Waals surface area contributed by atoms with E-state index in [4.69, 9.17) is 0 Å². The van der Waals surface area contributed by atoms with Crippen LogP contribution >= 0.6 is 15.9 Å². The summed E-state index contributed by atoms with van der Waals surface area (Å²) in [5.41, 5.74) is 3.27. The van der Waals surface area contributed by atoms with Crippen molar-refractivity contribution in [1.29, 1.82) is 0 Å². The van der Waals surface area contributed by atoms with Crippen LogP contribution in [0.5, 0.6) is 0 Å². The summed E-state index contributed by atoms with van der Waals surface area (Å²) in [6, 6.07) is 12.9. The van der Waals surface area contributed by atoms with Crippen molar-refractivity contribution >= 4 is 21.6 Å². The Balaban J connectivity index is 1.87. The normalized spacial score (nSPS) is 13.9. The monoisotopic (exact) mass is 448 g/mol. The highest BCUT2D eigenvalue weighted by molar-refractivity contribution is 9.10. The van der Waals surface area contributed by atoms with Crippen LogP contribution in [0.3, 0.4) is 0 Å². The molecule has 0 spiro atoms. The second-order valence-electron chi connectivity index (χ2n) is 8.28. The highest BCUT2D eigenvalue weighted by Crippen LogP contribution is 2.32. The molecule has 0 heterocycles. The SMILES string of the molecule is CC(CCc1ccc([N+](=O)[O-])cc1)NCC(O)c1ccc(Br)c(C(C)(C)C)c1. The summed E-state index contributed by atoms with van der Waals surface area (Å²) in [6.07, 6.45) is 1.14. The minimum Gasteiger partial charge on any atom is -0.387 e. The first-order valence-electron chi connectivity index (χ1n) is 9.52. The van der Waals surface area contributed by atoms with E-state index in [0.717, 1.165) is 28.4 Å². The van der Waals surface area contributed by atoms with Crippen LogP contribution in [0, 0.1) is 10.1 Å². The molecule has 0 radical (unpaired) electrons. The quantitative estimate of drug-likeness (QED) is 0.424. The third-order valence-electron chi connectivity index (χ3n) is 4.86. The van der Waals surface area contributed by atoms with Gasteiger partial charge >= 0.3 is 0 Å². The van der Waals surface area contributed by atoms with E-state index < -0.39 is 6.10 Å². The van der Waals surface area contributed by atoms with E-state index in [1.54, 1.807) is 12.1 Å². The molecule has 2 aromatic carbocycles. The molecule has 2 unspecified atom stereocenters. The molecule has 28 heavy (non-hydrogen) atoms. The summed E-state index contributed by atoms with van der Waals surface area (Å²) in [6.45, 7) is 9.03. The zero-order valence-corrected chi connectivity index (χ0v) is 18.5. The van der Waals surface area contributed by atoms with E-state index in [2.05, 4.69) is 55.0 Å². The first-order valence-corrected chi connectivity index (χ1v) is 10.3. The van der Waals surface area contributed by atoms with Gasteiger partial charge in [-0.25, -0.2) is 0 Å². The van der Waals surface area contributed by atoms with Crippen LogP contribution in [0.25, 0.3) is 0 Å². The van der Waals surface area contributed by atoms with Crippen LogP contribution in [0.2, 0.25) is 0 Å². The topological polar surface area (TPSA) is 75.4 Å². The number of rotatable bonds is 8. The van der Waals surface area contributed by atoms with Gasteiger partial charge in [0, 0.05) is 29.2 Å². The Morgan fingerprint density at radius 1 is 1.18 bits per heavy atom. The molecule has 0 bridgehead atoms. The standard InChI is InChI=1S/C22H29BrN2O3/c1-15(5-6-16-7-10-18(11-8-16)25(27)28)24-14-21(26)17-9-12-20(23)19(13-17)22(2,3)4/h7-13,15,21,24,26H,5-6,14H2,1-4H3. The molecule has 2 rings (SSSR count). The van der Waals surface area contributed by atoms with Crippen molar-refractivity contribution in [3.63, 3.8) is 0 Å². The number of aliphatic hydroxyl groups is 1. The Bertz CT molecular complexity index is 800. The van der Waals surface area contributed by atoms with Gasteiger partial charge in [-0.05, 0) is 47.9 Å². The zero-order chi connectivity index (χ0) is 20.9. The molecule has 5 nitrogen and oxygen atoms in total. The van der Waals surface area contributed by atoms with Crippen molar-refractivity contribution in [2.75, 3.05) is 6.54 Å². The lowest BCUT2D eigenvalue weighted by molar-refractivity contribution is -0.384. The van der Waals surface area contributed by atoms with Gasteiger partial charge in [-0.2, -0.15) is 0 Å². The first-order chi connectivity index (χ1) is 13.1. The van der Waals surface area contributed by atoms with Gasteiger partial charge in [0.1, 0.15) is 0 Å². The fraction of sp³-hybridized carbons (Fsp3) is 0.455. The number of nitrogens with zero attached hydrogens (tertiary/aromatic N) is 1. The average Bonchev–Trinajstić information content (AvgIpc) is 2.64. The predicted molar refractivity (Wildman–Crippen MR) is 117 cm³/mol. The van der Waals surface area contributed by atoms with Gasteiger partial charge in [-0.15, -0.1) is 0 Å². The molecule has 0 aliphatic carbocycles. The fourth-order valence-corrected chi connectivity index (χ4v) is 3.87. The predicted octanol–water partition coefficient (Wildman–Crippen LogP) is 5.30. The van der Waals surface area contributed by atoms with Crippen molar-refractivity contribution in [1.82, 2.24) is 5.32 Å². The average molecular weight is 449 g/mol. The van der Waals surface area contributed by atoms with Gasteiger partial charge in [0.2, 0.25) is 0 Å². The number of nitrogens with one attached hydrogen (secondary N) is 1. The summed E-state index contributed by atoms with van der Waals surface area (Å²) in [5, 5.41) is 24.7. The number of hydrogen-bond donors (Lipinski definition) is 2. The molecule has 152 valence electrons. The lowest BCUT2D eigenvalue weighted by Crippen LogP contribution is -2.31. The third-order valence-corrected chi connectivity index (χ3v) is 5.55. The van der Waals surface area contributed by atoms with Crippen LogP contribution in [0.4, 0.5) is 5.69 Å². The van der Waals surface area contributed by atoms with Gasteiger partial charge < -0.3 is 10.4 Å². The Kier molecular flexibility index (Phi) is 7.75. The minimum absolute atomic E-state index is 0.0000399. The highest BCUT2D eigenvalue weighted by atomic mass is 79.9. The third kappa shape index (κ3) is 6.40. The maximum Gasteiger partial charge on any atom is 0.269 e. The maximum atomic E-state index is 10.7. The molecular formula is C22H29BrN2O3. The number of aliphatic hydroxyl groups excluding tert-OH is 1. The number of halogens is 1. The second-order valence-corrected chi connectivity index (χ2v) is 9.13. The fourth-order valence-electron chi connectivity index (χ4n) is 3.03. The Labute approximate surface area is 175 Å². The molecule has 0 amide bonds. The van der Waals surface area contributed by atoms with Crippen LogP contribution in [-0.4, -0.2) is 22.6 Å². The van der Waals surface area contributed by atoms with E-state index in [1.165, 1.54) is 17.7 Å². The van der Waals surface area contributed by atoms with Gasteiger partial charge in [0.25, 0.3) is 5.69 Å². The molecule has 0 aliphatic rings. The Morgan fingerprint density at radius 2 is 1.82 bits per heavy atom. The summed E-state index contributed by atoms with van der Waals surface area (Å²) in [7, 11) is 0. The van der Waals surface area contributed by atoms with Crippen LogP contribution in [-0.2, 0) is 11.8 Å². The van der Waals surface area contributed by atoms with E-state index >= 15 is 0 Å². The van der Waals surface area contributed by atoms with Gasteiger partial charge in [-0.1, -0.05) is 61.0 Å². The Morgan fingerprint density at radius 3 is 2.39 bits per heavy atom. The van der Waals surface area contributed by atoms with Crippen molar-refractivity contribution in [3.05, 3.63) is 73.7 Å². The van der Waals surface area contributed by atoms with Crippen LogP contribution in [0.15, 0.2) is 46.9 Å². The van der Waals surface area contributed by atoms with Gasteiger partial charge in [0.15, 0.2) is 0 Å². The minimum atomic E-state index is -0.573. The van der Waals surface area contributed by atoms with Crippen molar-refractivity contribution in [3.8, 4) is 0 Å². The lowest BCUT2D eigenvalue weighted by Gasteiger charge is -2.23. The molecular weight excluding hydrogens is 420 g/mol. The number of non-ortho nitro benzene ring substituents is 1. The van der Waals surface area contributed by atoms with Crippen LogP contribution in [0.1, 0.15) is 56.9 Å². The highest BCUT2D eigenvalue weighted by Gasteiger charge is 2.19. The smallest absolute Gasteiger partial charge is 0.269 e. The first kappa shape index (κ1) is 22.5. The summed E-state index contributed by atoms with van der Waals surface area (Å²) in [4.78, 5) is 10.3. The van der Waals surface area contributed by atoms with E-state index in [-0.39, 0.29) is 22.1 Å². The molecule has 2 N–H and O–H groups in total. The second kappa shape index (κ2) is 9.63. The van der Waals surface area contributed by atoms with Gasteiger partial charge in [-0.3, -0.25) is 10.1 Å². The lowest BCUT2D eigenvalue weighted by atomic mass is 9.85. The van der Waals surface area contributed by atoms with Crippen LogP contribution < -0.4 is 5.32 Å². The van der Waals surface area contributed by atoms with Crippen molar-refractivity contribution in [2.24, 2.45) is 0 Å².